The normalized spacial score (nSPS) is 15.6. The number of H-pyrrole nitrogens is 1. The number of aryl methyl sites for hydroxylation is 2. The van der Waals surface area contributed by atoms with E-state index in [0.29, 0.717) is 6.04 Å². The summed E-state index contributed by atoms with van der Waals surface area (Å²) in [6.45, 7) is 4.17. The molecule has 126 valence electrons. The van der Waals surface area contributed by atoms with E-state index in [1.54, 1.807) is 0 Å². The molecule has 0 bridgehead atoms. The van der Waals surface area contributed by atoms with Gasteiger partial charge in [0.05, 0.1) is 23.4 Å². The smallest absolute Gasteiger partial charge is 0.117 e. The molecule has 0 aliphatic heterocycles. The second kappa shape index (κ2) is 5.41. The van der Waals surface area contributed by atoms with Crippen LogP contribution in [0.4, 0.5) is 0 Å². The summed E-state index contributed by atoms with van der Waals surface area (Å²) in [5.74, 6) is 0. The van der Waals surface area contributed by atoms with Crippen molar-refractivity contribution in [1.82, 2.24) is 25.0 Å². The number of nitrogens with one attached hydrogen (secondary N) is 1. The zero-order valence-corrected chi connectivity index (χ0v) is 14.6. The van der Waals surface area contributed by atoms with Crippen molar-refractivity contribution < 1.29 is 0 Å². The summed E-state index contributed by atoms with van der Waals surface area (Å²) in [4.78, 5) is 4.83. The molecule has 25 heavy (non-hydrogen) atoms. The average Bonchev–Trinajstić information content (AvgIpc) is 3.33. The van der Waals surface area contributed by atoms with E-state index in [-0.39, 0.29) is 0 Å². The number of rotatable bonds is 2. The highest BCUT2D eigenvalue weighted by molar-refractivity contribution is 5.94. The zero-order valence-electron chi connectivity index (χ0n) is 14.6. The Labute approximate surface area is 146 Å². The average molecular weight is 331 g/mol. The summed E-state index contributed by atoms with van der Waals surface area (Å²) in [7, 11) is 0. The van der Waals surface area contributed by atoms with E-state index in [0.717, 1.165) is 33.3 Å². The largest absolute Gasteiger partial charge is 0.278 e. The number of hydrogen-bond acceptors (Lipinski definition) is 3. The molecule has 0 unspecified atom stereocenters. The number of fused-ring (bicyclic) bond motifs is 2. The molecule has 1 saturated carbocycles. The van der Waals surface area contributed by atoms with Crippen molar-refractivity contribution >= 4 is 21.9 Å². The van der Waals surface area contributed by atoms with Crippen molar-refractivity contribution in [3.8, 4) is 11.3 Å². The Balaban J connectivity index is 1.82. The van der Waals surface area contributed by atoms with Gasteiger partial charge < -0.3 is 0 Å². The van der Waals surface area contributed by atoms with Crippen LogP contribution >= 0.6 is 0 Å². The van der Waals surface area contributed by atoms with Gasteiger partial charge in [-0.2, -0.15) is 10.2 Å². The fraction of sp³-hybridized carbons (Fsp3) is 0.350. The molecule has 5 nitrogen and oxygen atoms in total. The summed E-state index contributed by atoms with van der Waals surface area (Å²) in [5, 5.41) is 13.4. The quantitative estimate of drug-likeness (QED) is 0.579. The van der Waals surface area contributed by atoms with Crippen LogP contribution in [0.1, 0.15) is 43.0 Å². The first-order valence-electron chi connectivity index (χ1n) is 9.00. The van der Waals surface area contributed by atoms with Gasteiger partial charge in [0.15, 0.2) is 0 Å². The molecule has 3 aromatic heterocycles. The maximum absolute atomic E-state index is 4.94. The summed E-state index contributed by atoms with van der Waals surface area (Å²) in [6.07, 6.45) is 6.86. The van der Waals surface area contributed by atoms with Gasteiger partial charge in [0.1, 0.15) is 11.0 Å². The second-order valence-corrected chi connectivity index (χ2v) is 7.18. The van der Waals surface area contributed by atoms with Gasteiger partial charge in [-0.25, -0.2) is 4.98 Å². The highest BCUT2D eigenvalue weighted by atomic mass is 15.3. The summed E-state index contributed by atoms with van der Waals surface area (Å²) < 4.78 is 2.24. The molecular formula is C20H21N5. The van der Waals surface area contributed by atoms with Gasteiger partial charge in [0, 0.05) is 16.6 Å². The van der Waals surface area contributed by atoms with Crippen LogP contribution in [0, 0.1) is 13.8 Å². The van der Waals surface area contributed by atoms with Crippen LogP contribution < -0.4 is 0 Å². The molecule has 1 N–H and O–H groups in total. The van der Waals surface area contributed by atoms with E-state index < -0.39 is 0 Å². The van der Waals surface area contributed by atoms with Crippen molar-refractivity contribution in [2.24, 2.45) is 0 Å². The van der Waals surface area contributed by atoms with Gasteiger partial charge >= 0.3 is 0 Å². The van der Waals surface area contributed by atoms with Crippen molar-refractivity contribution in [3.63, 3.8) is 0 Å². The first kappa shape index (κ1) is 14.6. The van der Waals surface area contributed by atoms with Crippen LogP contribution in [0.5, 0.6) is 0 Å². The monoisotopic (exact) mass is 331 g/mol. The van der Waals surface area contributed by atoms with E-state index in [1.165, 1.54) is 36.8 Å². The first-order valence-corrected chi connectivity index (χ1v) is 9.00. The molecule has 1 aliphatic rings. The number of aromatic amines is 1. The second-order valence-electron chi connectivity index (χ2n) is 7.18. The van der Waals surface area contributed by atoms with Crippen LogP contribution in [0.25, 0.3) is 33.2 Å². The lowest BCUT2D eigenvalue weighted by Gasteiger charge is -2.15. The predicted octanol–water partition coefficient (Wildman–Crippen LogP) is 4.71. The maximum Gasteiger partial charge on any atom is 0.117 e. The molecule has 1 aliphatic carbocycles. The Morgan fingerprint density at radius 2 is 1.96 bits per heavy atom. The molecule has 4 aromatic rings. The van der Waals surface area contributed by atoms with E-state index in [9.17, 15) is 0 Å². The van der Waals surface area contributed by atoms with Gasteiger partial charge in [-0.3, -0.25) is 9.78 Å². The minimum atomic E-state index is 0.477. The lowest BCUT2D eigenvalue weighted by atomic mass is 10.0. The molecule has 0 amide bonds. The molecule has 5 rings (SSSR count). The lowest BCUT2D eigenvalue weighted by molar-refractivity contribution is 0.475. The summed E-state index contributed by atoms with van der Waals surface area (Å²) >= 11 is 0. The molecule has 5 heteroatoms. The zero-order chi connectivity index (χ0) is 17.0. The SMILES string of the molecule is Cc1ccc2nn(C3CCCC3)c(-c3cc(C)c4[nH]ncc4c3)c2n1. The van der Waals surface area contributed by atoms with Crippen LogP contribution in [0.2, 0.25) is 0 Å². The highest BCUT2D eigenvalue weighted by Crippen LogP contribution is 2.37. The fourth-order valence-corrected chi connectivity index (χ4v) is 4.13. The number of nitrogens with zero attached hydrogens (tertiary/aromatic N) is 4. The van der Waals surface area contributed by atoms with Crippen LogP contribution in [-0.4, -0.2) is 25.0 Å². The van der Waals surface area contributed by atoms with Gasteiger partial charge in [-0.05, 0) is 56.5 Å². The maximum atomic E-state index is 4.94. The number of pyridine rings is 1. The summed E-state index contributed by atoms with van der Waals surface area (Å²) in [5.41, 5.74) is 7.65. The van der Waals surface area contributed by atoms with E-state index >= 15 is 0 Å². The van der Waals surface area contributed by atoms with Gasteiger partial charge in [0.2, 0.25) is 0 Å². The van der Waals surface area contributed by atoms with Crippen molar-refractivity contribution in [2.45, 2.75) is 45.6 Å². The Kier molecular flexibility index (Phi) is 3.17. The van der Waals surface area contributed by atoms with E-state index in [1.807, 2.05) is 19.2 Å². The van der Waals surface area contributed by atoms with Crippen LogP contribution in [0.15, 0.2) is 30.5 Å². The van der Waals surface area contributed by atoms with Crippen molar-refractivity contribution in [3.05, 3.63) is 41.7 Å². The Bertz CT molecular complexity index is 1080. The molecule has 3 heterocycles. The predicted molar refractivity (Wildman–Crippen MR) is 99.6 cm³/mol. The van der Waals surface area contributed by atoms with Crippen molar-refractivity contribution in [1.29, 1.82) is 0 Å². The minimum absolute atomic E-state index is 0.477. The minimum Gasteiger partial charge on any atom is -0.278 e. The highest BCUT2D eigenvalue weighted by Gasteiger charge is 2.24. The Morgan fingerprint density at radius 1 is 1.12 bits per heavy atom. The van der Waals surface area contributed by atoms with Crippen LogP contribution in [0.3, 0.4) is 0 Å². The third kappa shape index (κ3) is 2.26. The standard InChI is InChI=1S/C20H21N5/c1-12-9-14(10-15-11-21-23-18(12)15)20-19-17(8-7-13(2)22-19)24-25(20)16-5-3-4-6-16/h7-11,16H,3-6H2,1-2H3,(H,21,23). The number of aromatic nitrogens is 5. The molecule has 0 saturated heterocycles. The third-order valence-electron chi connectivity index (χ3n) is 5.37. The van der Waals surface area contributed by atoms with Gasteiger partial charge in [0.25, 0.3) is 0 Å². The molecule has 1 aromatic carbocycles. The number of hydrogen-bond donors (Lipinski definition) is 1. The molecule has 0 radical (unpaired) electrons. The molecule has 0 spiro atoms. The topological polar surface area (TPSA) is 59.4 Å². The van der Waals surface area contributed by atoms with Crippen molar-refractivity contribution in [2.75, 3.05) is 0 Å². The van der Waals surface area contributed by atoms with E-state index in [4.69, 9.17) is 10.1 Å². The summed E-state index contributed by atoms with van der Waals surface area (Å²) in [6, 6.07) is 9.05. The number of benzene rings is 1. The van der Waals surface area contributed by atoms with Gasteiger partial charge in [-0.15, -0.1) is 0 Å². The molecular weight excluding hydrogens is 310 g/mol. The van der Waals surface area contributed by atoms with E-state index in [2.05, 4.69) is 40.0 Å². The Morgan fingerprint density at radius 3 is 2.80 bits per heavy atom. The lowest BCUT2D eigenvalue weighted by Crippen LogP contribution is -2.08. The fourth-order valence-electron chi connectivity index (χ4n) is 4.13. The molecule has 1 fully saturated rings. The molecule has 0 atom stereocenters. The Hall–Kier alpha value is -2.69. The first-order chi connectivity index (χ1) is 12.2. The van der Waals surface area contributed by atoms with Crippen LogP contribution in [-0.2, 0) is 0 Å². The van der Waals surface area contributed by atoms with Gasteiger partial charge in [-0.1, -0.05) is 12.8 Å². The third-order valence-corrected chi connectivity index (χ3v) is 5.37.